The Morgan fingerprint density at radius 1 is 1.32 bits per heavy atom. The molecule has 0 aliphatic carbocycles. The van der Waals surface area contributed by atoms with Gasteiger partial charge in [-0.05, 0) is 50.0 Å². The molecule has 4 rings (SSSR count). The molecule has 34 heavy (non-hydrogen) atoms. The summed E-state index contributed by atoms with van der Waals surface area (Å²) in [6.07, 6.45) is 3.44. The first-order valence-electron chi connectivity index (χ1n) is 10.6. The molecular weight excluding hydrogens is 482 g/mol. The number of anilines is 1. The first kappa shape index (κ1) is 24.0. The largest absolute Gasteiger partial charge is 0.397 e. The summed E-state index contributed by atoms with van der Waals surface area (Å²) < 4.78 is 28.0. The normalized spacial score (nSPS) is 14.6. The molecule has 11 heteroatoms. The second-order valence-corrected chi connectivity index (χ2v) is 9.51. The summed E-state index contributed by atoms with van der Waals surface area (Å²) in [6, 6.07) is 6.99. The predicted molar refractivity (Wildman–Crippen MR) is 126 cm³/mol. The Morgan fingerprint density at radius 2 is 2.03 bits per heavy atom. The van der Waals surface area contributed by atoms with Gasteiger partial charge in [0.2, 0.25) is 0 Å². The van der Waals surface area contributed by atoms with Gasteiger partial charge in [0.15, 0.2) is 0 Å². The lowest BCUT2D eigenvalue weighted by Crippen LogP contribution is -2.38. The molecule has 1 saturated heterocycles. The van der Waals surface area contributed by atoms with Gasteiger partial charge in [-0.2, -0.15) is 5.26 Å². The van der Waals surface area contributed by atoms with E-state index in [1.165, 1.54) is 35.6 Å². The number of hydrogen-bond acceptors (Lipinski definition) is 7. The lowest BCUT2D eigenvalue weighted by atomic mass is 9.96. The van der Waals surface area contributed by atoms with Crippen LogP contribution in [0.5, 0.6) is 0 Å². The fraction of sp³-hybridized carbons (Fsp3) is 0.304. The van der Waals surface area contributed by atoms with Gasteiger partial charge in [-0.1, -0.05) is 17.7 Å². The van der Waals surface area contributed by atoms with Gasteiger partial charge in [0, 0.05) is 24.2 Å². The molecule has 1 aliphatic heterocycles. The topological polar surface area (TPSA) is 108 Å². The smallest absolute Gasteiger partial charge is 0.270 e. The molecule has 0 radical (unpaired) electrons. The molecule has 1 amide bonds. The zero-order valence-electron chi connectivity index (χ0n) is 18.0. The number of halogens is 3. The summed E-state index contributed by atoms with van der Waals surface area (Å²) in [5.74, 6) is -1.33. The third kappa shape index (κ3) is 5.33. The van der Waals surface area contributed by atoms with Crippen molar-refractivity contribution in [2.45, 2.75) is 19.4 Å². The minimum absolute atomic E-state index is 0.0534. The summed E-state index contributed by atoms with van der Waals surface area (Å²) >= 11 is 7.21. The van der Waals surface area contributed by atoms with Crippen LogP contribution in [0.4, 0.5) is 14.5 Å². The van der Waals surface area contributed by atoms with Crippen LogP contribution in [0.25, 0.3) is 10.6 Å². The van der Waals surface area contributed by atoms with Crippen molar-refractivity contribution in [2.24, 2.45) is 5.92 Å². The molecule has 3 heterocycles. The van der Waals surface area contributed by atoms with Crippen LogP contribution in [0.3, 0.4) is 0 Å². The number of nitrogens with two attached hydrogens (primary N) is 1. The number of pyridine rings is 1. The minimum Gasteiger partial charge on any atom is -0.397 e. The van der Waals surface area contributed by atoms with Gasteiger partial charge in [-0.15, -0.1) is 11.3 Å². The van der Waals surface area contributed by atoms with Crippen LogP contribution >= 0.6 is 22.9 Å². The van der Waals surface area contributed by atoms with Gasteiger partial charge in [0.25, 0.3) is 5.91 Å². The van der Waals surface area contributed by atoms with Crippen molar-refractivity contribution >= 4 is 34.5 Å². The molecule has 2 aromatic heterocycles. The molecule has 0 spiro atoms. The Balaban J connectivity index is 1.27. The second-order valence-electron chi connectivity index (χ2n) is 8.03. The van der Waals surface area contributed by atoms with Gasteiger partial charge in [0.1, 0.15) is 39.1 Å². The number of carbonyl (C=O) groups excluding carboxylic acids is 1. The van der Waals surface area contributed by atoms with E-state index in [1.807, 2.05) is 6.07 Å². The van der Waals surface area contributed by atoms with Crippen molar-refractivity contribution in [1.82, 2.24) is 20.2 Å². The number of amides is 1. The summed E-state index contributed by atoms with van der Waals surface area (Å²) in [7, 11) is 0. The fourth-order valence-electron chi connectivity index (χ4n) is 3.85. The van der Waals surface area contributed by atoms with Gasteiger partial charge < -0.3 is 11.1 Å². The van der Waals surface area contributed by atoms with Gasteiger partial charge in [0.05, 0.1) is 11.3 Å². The molecule has 176 valence electrons. The molecule has 1 fully saturated rings. The van der Waals surface area contributed by atoms with Crippen LogP contribution in [-0.2, 0) is 6.54 Å². The van der Waals surface area contributed by atoms with E-state index in [9.17, 15) is 13.6 Å². The molecule has 7 nitrogen and oxygen atoms in total. The fourth-order valence-corrected chi connectivity index (χ4v) is 5.10. The third-order valence-corrected chi connectivity index (χ3v) is 6.99. The molecule has 0 atom stereocenters. The van der Waals surface area contributed by atoms with Crippen LogP contribution in [-0.4, -0.2) is 40.4 Å². The van der Waals surface area contributed by atoms with E-state index in [0.29, 0.717) is 24.0 Å². The van der Waals surface area contributed by atoms with Gasteiger partial charge in [-0.25, -0.2) is 18.7 Å². The molecule has 1 aromatic carbocycles. The van der Waals surface area contributed by atoms with Crippen LogP contribution in [0.15, 0.2) is 30.5 Å². The number of likely N-dealkylation sites (tertiary alicyclic amines) is 1. The second kappa shape index (κ2) is 10.4. The number of nitrogen functional groups attached to an aromatic ring is 1. The molecule has 0 bridgehead atoms. The molecule has 0 unspecified atom stereocenters. The summed E-state index contributed by atoms with van der Waals surface area (Å²) in [4.78, 5) is 23.8. The number of thiazole rings is 1. The lowest BCUT2D eigenvalue weighted by Gasteiger charge is -2.31. The van der Waals surface area contributed by atoms with E-state index in [2.05, 4.69) is 20.2 Å². The number of piperidine rings is 1. The molecule has 0 saturated carbocycles. The quantitative estimate of drug-likeness (QED) is 0.488. The Hall–Kier alpha value is -3.13. The van der Waals surface area contributed by atoms with Gasteiger partial charge in [-0.3, -0.25) is 9.69 Å². The molecule has 3 aromatic rings. The number of benzene rings is 1. The molecule has 3 N–H and O–H groups in total. The molecule has 1 aliphatic rings. The number of rotatable bonds is 6. The summed E-state index contributed by atoms with van der Waals surface area (Å²) in [6.45, 7) is 2.80. The first-order valence-corrected chi connectivity index (χ1v) is 11.8. The van der Waals surface area contributed by atoms with Crippen molar-refractivity contribution in [1.29, 1.82) is 5.26 Å². The van der Waals surface area contributed by atoms with Crippen molar-refractivity contribution < 1.29 is 13.6 Å². The standard InChI is InChI=1S/C23H21ClF2N6OS/c24-21-15(9-27)18(28)8-19(31-21)22(33)29-10-13-4-6-32(7-5-13)12-14-11-30-23(34-14)20-16(25)2-1-3-17(20)26/h1-3,8,11,13H,4-7,10,12H2,(H2,28,31)(H,29,33). The zero-order valence-corrected chi connectivity index (χ0v) is 19.6. The maximum Gasteiger partial charge on any atom is 0.270 e. The van der Waals surface area contributed by atoms with E-state index in [1.54, 1.807) is 6.20 Å². The SMILES string of the molecule is N#Cc1c(N)cc(C(=O)NCC2CCN(Cc3cnc(-c4c(F)cccc4F)s3)CC2)nc1Cl. The summed E-state index contributed by atoms with van der Waals surface area (Å²) in [5.41, 5.74) is 5.92. The maximum atomic E-state index is 14.0. The maximum absolute atomic E-state index is 14.0. The zero-order chi connectivity index (χ0) is 24.2. The van der Waals surface area contributed by atoms with Crippen molar-refractivity contribution in [3.05, 3.63) is 63.4 Å². The predicted octanol–water partition coefficient (Wildman–Crippen LogP) is 4.23. The number of nitrogens with zero attached hydrogens (tertiary/aromatic N) is 4. The first-order chi connectivity index (χ1) is 16.4. The Morgan fingerprint density at radius 3 is 2.68 bits per heavy atom. The highest BCUT2D eigenvalue weighted by Crippen LogP contribution is 2.31. The summed E-state index contributed by atoms with van der Waals surface area (Å²) in [5, 5.41) is 12.1. The monoisotopic (exact) mass is 502 g/mol. The van der Waals surface area contributed by atoms with Crippen LogP contribution in [0, 0.1) is 28.9 Å². The van der Waals surface area contributed by atoms with Crippen molar-refractivity contribution in [2.75, 3.05) is 25.4 Å². The average Bonchev–Trinajstić information content (AvgIpc) is 3.26. The lowest BCUT2D eigenvalue weighted by molar-refractivity contribution is 0.0930. The highest BCUT2D eigenvalue weighted by Gasteiger charge is 2.22. The average molecular weight is 503 g/mol. The van der Waals surface area contributed by atoms with Gasteiger partial charge >= 0.3 is 0 Å². The Bertz CT molecular complexity index is 1210. The number of nitrogens with one attached hydrogen (secondary N) is 1. The number of nitriles is 1. The van der Waals surface area contributed by atoms with Crippen LogP contribution in [0.1, 0.15) is 33.8 Å². The van der Waals surface area contributed by atoms with E-state index < -0.39 is 17.5 Å². The molecular formula is C23H21ClF2N6OS. The highest BCUT2D eigenvalue weighted by molar-refractivity contribution is 7.15. The Kier molecular flexibility index (Phi) is 7.36. The van der Waals surface area contributed by atoms with E-state index in [0.717, 1.165) is 30.8 Å². The minimum atomic E-state index is -0.620. The third-order valence-electron chi connectivity index (χ3n) is 5.72. The number of aromatic nitrogens is 2. The van der Waals surface area contributed by atoms with Crippen molar-refractivity contribution in [3.8, 4) is 16.6 Å². The van der Waals surface area contributed by atoms with Crippen LogP contribution in [0.2, 0.25) is 5.15 Å². The number of carbonyl (C=O) groups is 1. The Labute approximate surface area is 204 Å². The highest BCUT2D eigenvalue weighted by atomic mass is 35.5. The van der Waals surface area contributed by atoms with E-state index in [-0.39, 0.29) is 27.7 Å². The van der Waals surface area contributed by atoms with Crippen molar-refractivity contribution in [3.63, 3.8) is 0 Å². The number of hydrogen-bond donors (Lipinski definition) is 2. The van der Waals surface area contributed by atoms with E-state index in [4.69, 9.17) is 22.6 Å². The van der Waals surface area contributed by atoms with Crippen LogP contribution < -0.4 is 11.1 Å². The van der Waals surface area contributed by atoms with E-state index >= 15 is 0 Å².